The van der Waals surface area contributed by atoms with Crippen LogP contribution in [0.1, 0.15) is 11.6 Å². The molecule has 1 aromatic heterocycles. The number of carbonyl (C=O) groups is 1. The van der Waals surface area contributed by atoms with Crippen LogP contribution in [-0.4, -0.2) is 34.2 Å². The normalized spacial score (nSPS) is 14.1. The number of hydrogen-bond donors (Lipinski definition) is 3. The Morgan fingerprint density at radius 2 is 2.24 bits per heavy atom. The molecule has 1 rings (SSSR count). The molecule has 17 heavy (non-hydrogen) atoms. The van der Waals surface area contributed by atoms with Crippen molar-refractivity contribution in [1.82, 2.24) is 4.98 Å². The molecule has 0 spiro atoms. The molecule has 6 nitrogen and oxygen atoms in total. The van der Waals surface area contributed by atoms with Crippen LogP contribution >= 0.6 is 23.2 Å². The van der Waals surface area contributed by atoms with Crippen molar-refractivity contribution in [2.75, 3.05) is 6.61 Å². The van der Waals surface area contributed by atoms with Crippen molar-refractivity contribution >= 4 is 29.3 Å². The average Bonchev–Trinajstić information content (AvgIpc) is 2.24. The van der Waals surface area contributed by atoms with E-state index >= 15 is 0 Å². The molecule has 0 aromatic carbocycles. The summed E-state index contributed by atoms with van der Waals surface area (Å²) >= 11 is 11.6. The van der Waals surface area contributed by atoms with Crippen molar-refractivity contribution in [3.8, 4) is 0 Å². The standard InChI is InChI=1S/C9H10Cl2N2O4/c10-5-1-2-13-7(6(5)11)4(3-14)8(15)17-9(12)16/h1-2,4,8,14-15H,3H2,(H2,12,16)/t4-,8+/m1/s1. The number of aliphatic hydroxyl groups is 2. The van der Waals surface area contributed by atoms with E-state index in [9.17, 15) is 9.90 Å². The number of amides is 1. The molecular weight excluding hydrogens is 271 g/mol. The summed E-state index contributed by atoms with van der Waals surface area (Å²) in [5.74, 6) is -1.02. The van der Waals surface area contributed by atoms with Crippen molar-refractivity contribution < 1.29 is 19.7 Å². The molecule has 1 amide bonds. The molecule has 0 aliphatic carbocycles. The lowest BCUT2D eigenvalue weighted by Crippen LogP contribution is -2.30. The van der Waals surface area contributed by atoms with Gasteiger partial charge in [-0.15, -0.1) is 0 Å². The van der Waals surface area contributed by atoms with Gasteiger partial charge >= 0.3 is 6.09 Å². The van der Waals surface area contributed by atoms with E-state index in [-0.39, 0.29) is 15.7 Å². The largest absolute Gasteiger partial charge is 0.419 e. The number of carbonyl (C=O) groups excluding carboxylic acids is 1. The third kappa shape index (κ3) is 3.44. The van der Waals surface area contributed by atoms with Gasteiger partial charge in [0, 0.05) is 6.20 Å². The van der Waals surface area contributed by atoms with E-state index in [1.54, 1.807) is 0 Å². The second kappa shape index (κ2) is 6.02. The number of hydrogen-bond acceptors (Lipinski definition) is 5. The highest BCUT2D eigenvalue weighted by molar-refractivity contribution is 6.42. The molecule has 0 saturated carbocycles. The summed E-state index contributed by atoms with van der Waals surface area (Å²) in [6, 6.07) is 1.45. The Morgan fingerprint density at radius 1 is 1.59 bits per heavy atom. The van der Waals surface area contributed by atoms with Crippen LogP contribution in [-0.2, 0) is 4.74 Å². The van der Waals surface area contributed by atoms with Gasteiger partial charge in [0.05, 0.1) is 28.3 Å². The molecule has 2 atom stereocenters. The minimum absolute atomic E-state index is 0.0698. The fourth-order valence-corrected chi connectivity index (χ4v) is 1.61. The van der Waals surface area contributed by atoms with Crippen LogP contribution in [0.25, 0.3) is 0 Å². The number of rotatable bonds is 4. The van der Waals surface area contributed by atoms with Gasteiger partial charge in [-0.1, -0.05) is 23.2 Å². The maximum absolute atomic E-state index is 10.5. The Bertz CT molecular complexity index is 416. The summed E-state index contributed by atoms with van der Waals surface area (Å²) in [5.41, 5.74) is 4.87. The highest BCUT2D eigenvalue weighted by Crippen LogP contribution is 2.30. The van der Waals surface area contributed by atoms with Gasteiger partial charge in [-0.05, 0) is 6.07 Å². The monoisotopic (exact) mass is 280 g/mol. The summed E-state index contributed by atoms with van der Waals surface area (Å²) in [6.07, 6.45) is -1.47. The SMILES string of the molecule is NC(=O)O[C@H](O)[C@H](CO)c1nccc(Cl)c1Cl. The number of aliphatic hydroxyl groups excluding tert-OH is 2. The molecule has 1 aromatic rings. The van der Waals surface area contributed by atoms with Gasteiger partial charge in [0.15, 0.2) is 0 Å². The van der Waals surface area contributed by atoms with Crippen molar-refractivity contribution in [3.05, 3.63) is 28.0 Å². The lowest BCUT2D eigenvalue weighted by molar-refractivity contribution is -0.0767. The quantitative estimate of drug-likeness (QED) is 0.710. The lowest BCUT2D eigenvalue weighted by Gasteiger charge is -2.20. The van der Waals surface area contributed by atoms with Crippen LogP contribution in [0.4, 0.5) is 4.79 Å². The molecule has 94 valence electrons. The lowest BCUT2D eigenvalue weighted by atomic mass is 10.1. The Labute approximate surface area is 107 Å². The maximum Gasteiger partial charge on any atom is 0.406 e. The minimum atomic E-state index is -1.65. The zero-order chi connectivity index (χ0) is 13.0. The number of halogens is 2. The van der Waals surface area contributed by atoms with E-state index < -0.39 is 24.9 Å². The summed E-state index contributed by atoms with van der Waals surface area (Å²) in [4.78, 5) is 14.4. The maximum atomic E-state index is 10.5. The summed E-state index contributed by atoms with van der Waals surface area (Å²) in [7, 11) is 0. The van der Waals surface area contributed by atoms with Crippen molar-refractivity contribution in [3.63, 3.8) is 0 Å². The Balaban J connectivity index is 3.01. The van der Waals surface area contributed by atoms with Crippen LogP contribution in [0, 0.1) is 0 Å². The first-order valence-electron chi connectivity index (χ1n) is 4.52. The smallest absolute Gasteiger partial charge is 0.406 e. The van der Waals surface area contributed by atoms with E-state index in [1.807, 2.05) is 0 Å². The fourth-order valence-electron chi connectivity index (χ4n) is 1.21. The van der Waals surface area contributed by atoms with Crippen molar-refractivity contribution in [1.29, 1.82) is 0 Å². The van der Waals surface area contributed by atoms with E-state index in [0.717, 1.165) is 0 Å². The highest BCUT2D eigenvalue weighted by atomic mass is 35.5. The number of aromatic nitrogens is 1. The van der Waals surface area contributed by atoms with E-state index in [0.29, 0.717) is 0 Å². The first-order chi connectivity index (χ1) is 7.97. The molecule has 0 aliphatic rings. The minimum Gasteiger partial charge on any atom is -0.419 e. The third-order valence-corrected chi connectivity index (χ3v) is 2.81. The number of nitrogens with two attached hydrogens (primary N) is 1. The summed E-state index contributed by atoms with van der Waals surface area (Å²) in [6.45, 7) is -0.540. The van der Waals surface area contributed by atoms with Gasteiger partial charge in [0.25, 0.3) is 0 Å². The molecular formula is C9H10Cl2N2O4. The van der Waals surface area contributed by atoms with Crippen LogP contribution in [0.5, 0.6) is 0 Å². The van der Waals surface area contributed by atoms with Gasteiger partial charge in [0.1, 0.15) is 0 Å². The first kappa shape index (κ1) is 14.0. The Kier molecular flexibility index (Phi) is 4.95. The number of primary amides is 1. The van der Waals surface area contributed by atoms with E-state index in [1.165, 1.54) is 12.3 Å². The molecule has 0 radical (unpaired) electrons. The number of nitrogens with zero attached hydrogens (tertiary/aromatic N) is 1. The zero-order valence-electron chi connectivity index (χ0n) is 8.51. The predicted molar refractivity (Wildman–Crippen MR) is 60.8 cm³/mol. The summed E-state index contributed by atoms with van der Waals surface area (Å²) in [5, 5.41) is 18.9. The van der Waals surface area contributed by atoms with E-state index in [2.05, 4.69) is 9.72 Å². The topological polar surface area (TPSA) is 106 Å². The molecule has 4 N–H and O–H groups in total. The molecule has 0 bridgehead atoms. The second-order valence-electron chi connectivity index (χ2n) is 3.11. The molecule has 0 unspecified atom stereocenters. The van der Waals surface area contributed by atoms with Gasteiger partial charge < -0.3 is 20.7 Å². The number of pyridine rings is 1. The fraction of sp³-hybridized carbons (Fsp3) is 0.333. The number of ether oxygens (including phenoxy) is 1. The van der Waals surface area contributed by atoms with E-state index in [4.69, 9.17) is 34.0 Å². The predicted octanol–water partition coefficient (Wildman–Crippen LogP) is 0.878. The van der Waals surface area contributed by atoms with Crippen molar-refractivity contribution in [2.45, 2.75) is 12.2 Å². The Morgan fingerprint density at radius 3 is 2.76 bits per heavy atom. The van der Waals surface area contributed by atoms with Crippen LogP contribution in [0.15, 0.2) is 12.3 Å². The Hall–Kier alpha value is -1.08. The van der Waals surface area contributed by atoms with Crippen LogP contribution in [0.2, 0.25) is 10.0 Å². The van der Waals surface area contributed by atoms with Gasteiger partial charge in [-0.25, -0.2) is 4.79 Å². The second-order valence-corrected chi connectivity index (χ2v) is 3.89. The van der Waals surface area contributed by atoms with Crippen molar-refractivity contribution in [2.24, 2.45) is 5.73 Å². The van der Waals surface area contributed by atoms with Gasteiger partial charge in [-0.2, -0.15) is 0 Å². The third-order valence-electron chi connectivity index (χ3n) is 2.00. The highest BCUT2D eigenvalue weighted by Gasteiger charge is 2.27. The van der Waals surface area contributed by atoms with Crippen LogP contribution < -0.4 is 5.73 Å². The molecule has 0 fully saturated rings. The average molecular weight is 281 g/mol. The first-order valence-corrected chi connectivity index (χ1v) is 5.28. The van der Waals surface area contributed by atoms with Gasteiger partial charge in [-0.3, -0.25) is 4.98 Å². The molecule has 1 heterocycles. The molecule has 8 heteroatoms. The zero-order valence-corrected chi connectivity index (χ0v) is 10.0. The van der Waals surface area contributed by atoms with Gasteiger partial charge in [0.2, 0.25) is 6.29 Å². The van der Waals surface area contributed by atoms with Crippen LogP contribution in [0.3, 0.4) is 0 Å². The summed E-state index contributed by atoms with van der Waals surface area (Å²) < 4.78 is 4.35. The molecule has 0 aliphatic heterocycles. The molecule has 0 saturated heterocycles.